The van der Waals surface area contributed by atoms with Gasteiger partial charge in [-0.25, -0.2) is 24.5 Å². The van der Waals surface area contributed by atoms with Gasteiger partial charge in [0.05, 0.1) is 50.0 Å². The van der Waals surface area contributed by atoms with E-state index in [1.807, 2.05) is 43.0 Å². The van der Waals surface area contributed by atoms with Crippen LogP contribution in [0.15, 0.2) is 54.7 Å². The van der Waals surface area contributed by atoms with Crippen LogP contribution in [0.25, 0.3) is 44.5 Å². The second kappa shape index (κ2) is 17.2. The van der Waals surface area contributed by atoms with Gasteiger partial charge in [-0.15, -0.1) is 0 Å². The molecule has 58 heavy (non-hydrogen) atoms. The van der Waals surface area contributed by atoms with E-state index >= 15 is 0 Å². The number of imidazole rings is 2. The molecule has 1 unspecified atom stereocenters. The third kappa shape index (κ3) is 8.05. The number of ether oxygens (including phenoxy) is 3. The summed E-state index contributed by atoms with van der Waals surface area (Å²) in [4.78, 5) is 76.5. The number of alkyl carbamates (subject to hydrolysis) is 2. The maximum atomic E-state index is 13.8. The van der Waals surface area contributed by atoms with Crippen molar-refractivity contribution in [3.63, 3.8) is 0 Å². The molecule has 6 atom stereocenters. The first-order chi connectivity index (χ1) is 28.0. The van der Waals surface area contributed by atoms with Crippen molar-refractivity contribution in [2.75, 3.05) is 34.4 Å². The van der Waals surface area contributed by atoms with Crippen molar-refractivity contribution in [1.29, 1.82) is 0 Å². The van der Waals surface area contributed by atoms with Crippen molar-refractivity contribution >= 4 is 45.9 Å². The smallest absolute Gasteiger partial charge is 0.407 e. The predicted molar refractivity (Wildman–Crippen MR) is 216 cm³/mol. The lowest BCUT2D eigenvalue weighted by molar-refractivity contribution is -0.137. The van der Waals surface area contributed by atoms with Gasteiger partial charge in [-0.3, -0.25) is 9.59 Å². The number of methoxy groups -OCH3 is 3. The quantitative estimate of drug-likeness (QED) is 0.116. The van der Waals surface area contributed by atoms with E-state index in [4.69, 9.17) is 29.2 Å². The van der Waals surface area contributed by atoms with Gasteiger partial charge in [0, 0.05) is 31.3 Å². The first kappa shape index (κ1) is 40.2. The van der Waals surface area contributed by atoms with E-state index in [1.54, 1.807) is 18.0 Å². The first-order valence-corrected chi connectivity index (χ1v) is 19.8. The van der Waals surface area contributed by atoms with Crippen molar-refractivity contribution in [2.24, 2.45) is 5.92 Å². The highest BCUT2D eigenvalue weighted by molar-refractivity contribution is 5.91. The standard InChI is InChI=1S/C42H51N9O7/c1-7-23(2)34(47-41(54)57-5)39(52)51-19-9-11-33(51)38-45-30-17-16-29(44-36(30)49-38)27-14-12-26-21-28(15-13-25(26)20-27)31-22-43-37(46-31)32-10-8-18-50(32)40(53)35(24(3)56-4)48-42(55)58-6/h12-17,20-24,32-35H,7-11,18-19H2,1-6H3,(H,43,46)(H,47,54)(H,48,55)(H,44,45,49)/t23-,24+,32-,33-,34?,35-/m0/s1. The summed E-state index contributed by atoms with van der Waals surface area (Å²) in [6.45, 7) is 6.78. The zero-order valence-corrected chi connectivity index (χ0v) is 33.7. The number of aromatic amines is 2. The number of likely N-dealkylation sites (tertiary alicyclic amines) is 2. The molecule has 5 aromatic rings. The molecule has 4 amide bonds. The number of nitrogens with zero attached hydrogens (tertiary/aromatic N) is 5. The summed E-state index contributed by atoms with van der Waals surface area (Å²) in [6, 6.07) is 14.2. The van der Waals surface area contributed by atoms with Gasteiger partial charge in [-0.1, -0.05) is 44.5 Å². The maximum absolute atomic E-state index is 13.8. The van der Waals surface area contributed by atoms with Crippen molar-refractivity contribution in [3.8, 4) is 22.5 Å². The van der Waals surface area contributed by atoms with E-state index in [-0.39, 0.29) is 29.8 Å². The summed E-state index contributed by atoms with van der Waals surface area (Å²) in [6.07, 6.45) is 3.73. The van der Waals surface area contributed by atoms with E-state index in [1.165, 1.54) is 21.3 Å². The van der Waals surface area contributed by atoms with Crippen LogP contribution in [0.5, 0.6) is 0 Å². The Morgan fingerprint density at radius 3 is 2.02 bits per heavy atom. The van der Waals surface area contributed by atoms with E-state index < -0.39 is 30.4 Å². The monoisotopic (exact) mass is 793 g/mol. The number of hydrogen-bond acceptors (Lipinski definition) is 10. The van der Waals surface area contributed by atoms with Gasteiger partial charge in [0.15, 0.2) is 5.65 Å². The number of hydrogen-bond donors (Lipinski definition) is 4. The topological polar surface area (TPSA) is 197 Å². The molecule has 2 fully saturated rings. The lowest BCUT2D eigenvalue weighted by Crippen LogP contribution is -2.54. The molecule has 2 saturated heterocycles. The van der Waals surface area contributed by atoms with Crippen LogP contribution < -0.4 is 10.6 Å². The molecule has 0 bridgehead atoms. The number of H-pyrrole nitrogens is 2. The Morgan fingerprint density at radius 1 is 0.776 bits per heavy atom. The minimum Gasteiger partial charge on any atom is -0.453 e. The molecule has 0 saturated carbocycles. The molecule has 306 valence electrons. The fourth-order valence-corrected chi connectivity index (χ4v) is 8.01. The fourth-order valence-electron chi connectivity index (χ4n) is 8.01. The number of carbonyl (C=O) groups is 4. The third-order valence-electron chi connectivity index (χ3n) is 11.6. The van der Waals surface area contributed by atoms with E-state index in [2.05, 4.69) is 44.9 Å². The summed E-state index contributed by atoms with van der Waals surface area (Å²) in [5, 5.41) is 7.44. The lowest BCUT2D eigenvalue weighted by atomic mass is 9.97. The van der Waals surface area contributed by atoms with Gasteiger partial charge >= 0.3 is 12.2 Å². The number of amides is 4. The predicted octanol–water partition coefficient (Wildman–Crippen LogP) is 6.03. The maximum Gasteiger partial charge on any atom is 0.407 e. The van der Waals surface area contributed by atoms with Gasteiger partial charge in [0.25, 0.3) is 0 Å². The van der Waals surface area contributed by atoms with E-state index in [0.29, 0.717) is 35.9 Å². The Hall–Kier alpha value is -6.03. The van der Waals surface area contributed by atoms with Gasteiger partial charge in [-0.2, -0.15) is 0 Å². The van der Waals surface area contributed by atoms with Gasteiger partial charge < -0.3 is 44.6 Å². The van der Waals surface area contributed by atoms with Crippen LogP contribution in [-0.4, -0.2) is 111 Å². The normalized spacial score (nSPS) is 18.9. The van der Waals surface area contributed by atoms with Crippen molar-refractivity contribution in [1.82, 2.24) is 45.4 Å². The Bertz CT molecular complexity index is 2310. The van der Waals surface area contributed by atoms with E-state index in [9.17, 15) is 19.2 Å². The van der Waals surface area contributed by atoms with E-state index in [0.717, 1.165) is 65.4 Å². The van der Waals surface area contributed by atoms with Crippen LogP contribution in [-0.2, 0) is 23.8 Å². The molecular formula is C42H51N9O7. The summed E-state index contributed by atoms with van der Waals surface area (Å²) in [5.74, 6) is 0.883. The SMILES string of the molecule is CC[C@H](C)C(NC(=O)OC)C(=O)N1CCC[C@H]1c1nc2ccc(-c3ccc4cc(-c5cnc([C@@H]6CCCN6C(=O)[C@@H](NC(=O)OC)[C@@H](C)OC)[nH]5)ccc4c3)nc2[nH]1. The molecule has 4 N–H and O–H groups in total. The van der Waals surface area contributed by atoms with Gasteiger partial charge in [0.1, 0.15) is 29.2 Å². The molecule has 2 aromatic carbocycles. The Labute approximate surface area is 336 Å². The van der Waals surface area contributed by atoms with Crippen LogP contribution in [0.4, 0.5) is 9.59 Å². The average Bonchev–Trinajstić information content (AvgIpc) is 4.09. The van der Waals surface area contributed by atoms with Crippen LogP contribution in [0.3, 0.4) is 0 Å². The molecular weight excluding hydrogens is 743 g/mol. The number of carbonyl (C=O) groups excluding carboxylic acids is 4. The summed E-state index contributed by atoms with van der Waals surface area (Å²) < 4.78 is 15.0. The zero-order chi connectivity index (χ0) is 41.1. The zero-order valence-electron chi connectivity index (χ0n) is 33.7. The molecule has 0 radical (unpaired) electrons. The molecule has 16 heteroatoms. The van der Waals surface area contributed by atoms with Crippen LogP contribution >= 0.6 is 0 Å². The molecule has 3 aromatic heterocycles. The Kier molecular flexibility index (Phi) is 11.9. The number of nitrogens with one attached hydrogen (secondary N) is 4. The van der Waals surface area contributed by atoms with Crippen molar-refractivity contribution in [3.05, 3.63) is 66.4 Å². The minimum absolute atomic E-state index is 0.0737. The minimum atomic E-state index is -0.904. The van der Waals surface area contributed by atoms with Gasteiger partial charge in [0.2, 0.25) is 11.8 Å². The molecule has 2 aliphatic rings. The number of rotatable bonds is 12. The number of aromatic nitrogens is 5. The molecule has 7 rings (SSSR count). The van der Waals surface area contributed by atoms with Crippen molar-refractivity contribution in [2.45, 2.75) is 83.1 Å². The second-order valence-corrected chi connectivity index (χ2v) is 15.1. The highest BCUT2D eigenvalue weighted by Gasteiger charge is 2.40. The van der Waals surface area contributed by atoms with Gasteiger partial charge in [-0.05, 0) is 73.6 Å². The number of benzene rings is 2. The fraction of sp³-hybridized carbons (Fsp3) is 0.452. The molecule has 2 aliphatic heterocycles. The summed E-state index contributed by atoms with van der Waals surface area (Å²) in [5.41, 5.74) is 4.85. The van der Waals surface area contributed by atoms with Crippen LogP contribution in [0.2, 0.25) is 0 Å². The molecule has 0 spiro atoms. The van der Waals surface area contributed by atoms with Crippen LogP contribution in [0, 0.1) is 5.92 Å². The lowest BCUT2D eigenvalue weighted by Gasteiger charge is -2.30. The van der Waals surface area contributed by atoms with Crippen molar-refractivity contribution < 1.29 is 33.4 Å². The number of pyridine rings is 1. The number of fused-ring (bicyclic) bond motifs is 2. The molecule has 0 aliphatic carbocycles. The first-order valence-electron chi connectivity index (χ1n) is 19.8. The highest BCUT2D eigenvalue weighted by atomic mass is 16.5. The Morgan fingerprint density at radius 2 is 1.38 bits per heavy atom. The molecule has 5 heterocycles. The van der Waals surface area contributed by atoms with Crippen LogP contribution in [0.1, 0.15) is 76.6 Å². The highest BCUT2D eigenvalue weighted by Crippen LogP contribution is 2.35. The summed E-state index contributed by atoms with van der Waals surface area (Å²) in [7, 11) is 4.05. The Balaban J connectivity index is 1.07. The molecule has 16 nitrogen and oxygen atoms in total. The second-order valence-electron chi connectivity index (χ2n) is 15.1. The third-order valence-corrected chi connectivity index (χ3v) is 11.6. The average molecular weight is 794 g/mol. The summed E-state index contributed by atoms with van der Waals surface area (Å²) >= 11 is 0. The largest absolute Gasteiger partial charge is 0.453 e.